The van der Waals surface area contributed by atoms with Gasteiger partial charge in [0.05, 0.1) is 22.4 Å². The van der Waals surface area contributed by atoms with Gasteiger partial charge in [0.2, 0.25) is 5.91 Å². The van der Waals surface area contributed by atoms with Crippen molar-refractivity contribution in [2.24, 2.45) is 5.92 Å². The summed E-state index contributed by atoms with van der Waals surface area (Å²) in [7, 11) is 0. The second-order valence-electron chi connectivity index (χ2n) is 7.88. The Morgan fingerprint density at radius 3 is 2.67 bits per heavy atom. The van der Waals surface area contributed by atoms with Crippen molar-refractivity contribution in [3.05, 3.63) is 54.5 Å². The van der Waals surface area contributed by atoms with Crippen molar-refractivity contribution in [1.82, 2.24) is 15.0 Å². The Bertz CT molecular complexity index is 1310. The molecule has 4 aromatic rings. The number of esters is 1. The first-order chi connectivity index (χ1) is 16.1. The van der Waals surface area contributed by atoms with Gasteiger partial charge in [0.1, 0.15) is 17.0 Å². The zero-order valence-electron chi connectivity index (χ0n) is 18.2. The lowest BCUT2D eigenvalue weighted by Crippen LogP contribution is -2.38. The van der Waals surface area contributed by atoms with Crippen LogP contribution in [0.5, 0.6) is 0 Å². The number of aromatic nitrogens is 3. The van der Waals surface area contributed by atoms with Crippen LogP contribution in [0.2, 0.25) is 0 Å². The molecule has 1 aromatic carbocycles. The Kier molecular flexibility index (Phi) is 5.87. The Morgan fingerprint density at radius 2 is 1.91 bits per heavy atom. The highest BCUT2D eigenvalue weighted by Gasteiger charge is 2.27. The van der Waals surface area contributed by atoms with Gasteiger partial charge in [-0.1, -0.05) is 0 Å². The third-order valence-corrected chi connectivity index (χ3v) is 6.94. The van der Waals surface area contributed by atoms with Gasteiger partial charge in [0.25, 0.3) is 0 Å². The minimum atomic E-state index is -0.365. The fourth-order valence-electron chi connectivity index (χ4n) is 4.13. The van der Waals surface area contributed by atoms with Gasteiger partial charge in [-0.3, -0.25) is 4.79 Å². The third-order valence-electron chi connectivity index (χ3n) is 5.84. The van der Waals surface area contributed by atoms with Crippen LogP contribution in [0.3, 0.4) is 0 Å². The molecule has 1 aliphatic heterocycles. The summed E-state index contributed by atoms with van der Waals surface area (Å²) in [6.07, 6.45) is 4.87. The predicted octanol–water partition coefficient (Wildman–Crippen LogP) is 4.27. The third kappa shape index (κ3) is 4.23. The molecule has 1 saturated heterocycles. The van der Waals surface area contributed by atoms with E-state index in [1.165, 1.54) is 0 Å². The fraction of sp³-hybridized carbons (Fsp3) is 0.292. The molecule has 0 bridgehead atoms. The van der Waals surface area contributed by atoms with Crippen molar-refractivity contribution >= 4 is 55.2 Å². The molecule has 0 saturated carbocycles. The zero-order chi connectivity index (χ0) is 22.8. The van der Waals surface area contributed by atoms with Gasteiger partial charge >= 0.3 is 5.97 Å². The summed E-state index contributed by atoms with van der Waals surface area (Å²) in [4.78, 5) is 41.3. The van der Waals surface area contributed by atoms with Gasteiger partial charge < -0.3 is 15.0 Å². The number of benzene rings is 1. The average molecular weight is 462 g/mol. The zero-order valence-corrected chi connectivity index (χ0v) is 19.0. The van der Waals surface area contributed by atoms with Crippen LogP contribution in [0.4, 0.5) is 11.5 Å². The predicted molar refractivity (Wildman–Crippen MR) is 129 cm³/mol. The van der Waals surface area contributed by atoms with E-state index >= 15 is 0 Å². The number of anilines is 2. The minimum Gasteiger partial charge on any atom is -0.462 e. The molecule has 3 aromatic heterocycles. The molecule has 0 unspecified atom stereocenters. The lowest BCUT2D eigenvalue weighted by Gasteiger charge is -2.32. The molecular formula is C24H23N5O3S. The molecule has 0 aliphatic carbocycles. The Labute approximate surface area is 194 Å². The van der Waals surface area contributed by atoms with Gasteiger partial charge in [-0.15, -0.1) is 11.3 Å². The van der Waals surface area contributed by atoms with Crippen molar-refractivity contribution in [2.75, 3.05) is 29.9 Å². The summed E-state index contributed by atoms with van der Waals surface area (Å²) >= 11 is 1.61. The first kappa shape index (κ1) is 21.3. The molecule has 33 heavy (non-hydrogen) atoms. The number of rotatable bonds is 5. The number of ether oxygens (including phenoxy) is 1. The Hall–Kier alpha value is -3.59. The molecule has 9 heteroatoms. The number of hydrogen-bond donors (Lipinski definition) is 1. The number of piperidine rings is 1. The number of thiophene rings is 1. The fourth-order valence-corrected chi connectivity index (χ4v) is 5.24. The number of hydrogen-bond acceptors (Lipinski definition) is 8. The highest BCUT2D eigenvalue weighted by Crippen LogP contribution is 2.37. The summed E-state index contributed by atoms with van der Waals surface area (Å²) in [6.45, 7) is 3.59. The molecule has 0 atom stereocenters. The van der Waals surface area contributed by atoms with E-state index in [9.17, 15) is 9.59 Å². The van der Waals surface area contributed by atoms with E-state index in [0.717, 1.165) is 52.2 Å². The van der Waals surface area contributed by atoms with Crippen molar-refractivity contribution in [2.45, 2.75) is 19.8 Å². The maximum absolute atomic E-state index is 12.8. The van der Waals surface area contributed by atoms with E-state index in [1.807, 2.05) is 12.1 Å². The van der Waals surface area contributed by atoms with E-state index in [0.29, 0.717) is 17.9 Å². The molecule has 168 valence electrons. The van der Waals surface area contributed by atoms with E-state index < -0.39 is 0 Å². The van der Waals surface area contributed by atoms with Crippen LogP contribution in [0.25, 0.3) is 20.4 Å². The van der Waals surface area contributed by atoms with Crippen LogP contribution in [-0.2, 0) is 9.53 Å². The second kappa shape index (κ2) is 9.11. The standard InChI is InChI=1S/C24H23N5O3S/c1-2-32-24(31)16-5-7-17(8-6-16)28-22(30)15-9-12-29(13-10-15)21-20-19(26-14-27-21)18-4-3-11-25-23(18)33-20/h3-8,11,14-15H,2,9-10,12-13H2,1H3,(H,28,30). The van der Waals surface area contributed by atoms with Crippen LogP contribution >= 0.6 is 11.3 Å². The molecule has 8 nitrogen and oxygen atoms in total. The van der Waals surface area contributed by atoms with E-state index in [1.54, 1.807) is 55.1 Å². The van der Waals surface area contributed by atoms with Crippen molar-refractivity contribution in [3.63, 3.8) is 0 Å². The summed E-state index contributed by atoms with van der Waals surface area (Å²) in [5, 5.41) is 4.02. The molecule has 0 spiro atoms. The van der Waals surface area contributed by atoms with Crippen molar-refractivity contribution in [3.8, 4) is 0 Å². The number of amides is 1. The topological polar surface area (TPSA) is 97.3 Å². The molecule has 1 N–H and O–H groups in total. The van der Waals surface area contributed by atoms with E-state index in [2.05, 4.69) is 25.2 Å². The van der Waals surface area contributed by atoms with Gasteiger partial charge in [0, 0.05) is 36.3 Å². The maximum Gasteiger partial charge on any atom is 0.338 e. The quantitative estimate of drug-likeness (QED) is 0.443. The summed E-state index contributed by atoms with van der Waals surface area (Å²) in [5.74, 6) is 0.470. The average Bonchev–Trinajstić information content (AvgIpc) is 3.24. The Balaban J connectivity index is 1.24. The Morgan fingerprint density at radius 1 is 1.12 bits per heavy atom. The molecule has 1 aliphatic rings. The van der Waals surface area contributed by atoms with Gasteiger partial charge in [-0.2, -0.15) is 0 Å². The van der Waals surface area contributed by atoms with Gasteiger partial charge in [-0.25, -0.2) is 19.7 Å². The highest BCUT2D eigenvalue weighted by molar-refractivity contribution is 7.25. The largest absolute Gasteiger partial charge is 0.462 e. The van der Waals surface area contributed by atoms with Crippen LogP contribution in [0.1, 0.15) is 30.1 Å². The number of pyridine rings is 1. The van der Waals surface area contributed by atoms with Crippen LogP contribution in [-0.4, -0.2) is 46.5 Å². The number of carbonyl (C=O) groups is 2. The first-order valence-electron chi connectivity index (χ1n) is 10.9. The molecular weight excluding hydrogens is 438 g/mol. The normalized spacial score (nSPS) is 14.5. The van der Waals surface area contributed by atoms with Crippen LogP contribution < -0.4 is 10.2 Å². The summed E-state index contributed by atoms with van der Waals surface area (Å²) in [6, 6.07) is 10.7. The number of nitrogens with zero attached hydrogens (tertiary/aromatic N) is 4. The van der Waals surface area contributed by atoms with Crippen molar-refractivity contribution < 1.29 is 14.3 Å². The monoisotopic (exact) mass is 461 g/mol. The molecule has 1 amide bonds. The highest BCUT2D eigenvalue weighted by atomic mass is 32.1. The smallest absolute Gasteiger partial charge is 0.338 e. The van der Waals surface area contributed by atoms with Gasteiger partial charge in [0.15, 0.2) is 0 Å². The summed E-state index contributed by atoms with van der Waals surface area (Å²) < 4.78 is 6.03. The number of nitrogens with one attached hydrogen (secondary N) is 1. The number of fused-ring (bicyclic) bond motifs is 3. The minimum absolute atomic E-state index is 0.00238. The van der Waals surface area contributed by atoms with E-state index in [4.69, 9.17) is 4.74 Å². The SMILES string of the molecule is CCOC(=O)c1ccc(NC(=O)C2CCN(c3ncnc4c3sc3ncccc34)CC2)cc1. The lowest BCUT2D eigenvalue weighted by atomic mass is 9.95. The molecule has 5 rings (SSSR count). The van der Waals surface area contributed by atoms with Crippen molar-refractivity contribution in [1.29, 1.82) is 0 Å². The van der Waals surface area contributed by atoms with Crippen LogP contribution in [0, 0.1) is 5.92 Å². The number of carbonyl (C=O) groups excluding carboxylic acids is 2. The van der Waals surface area contributed by atoms with E-state index in [-0.39, 0.29) is 17.8 Å². The lowest BCUT2D eigenvalue weighted by molar-refractivity contribution is -0.120. The molecule has 1 fully saturated rings. The van der Waals surface area contributed by atoms with Crippen LogP contribution in [0.15, 0.2) is 48.9 Å². The maximum atomic E-state index is 12.8. The first-order valence-corrected chi connectivity index (χ1v) is 11.8. The second-order valence-corrected chi connectivity index (χ2v) is 8.88. The molecule has 4 heterocycles. The summed E-state index contributed by atoms with van der Waals surface area (Å²) in [5.41, 5.74) is 2.07. The molecule has 0 radical (unpaired) electrons. The van der Waals surface area contributed by atoms with Gasteiger partial charge in [-0.05, 0) is 56.2 Å².